The molecule has 2 atom stereocenters. The smallest absolute Gasteiger partial charge is 0.306 e. The minimum absolute atomic E-state index is 0.0707. The van der Waals surface area contributed by atoms with Crippen LogP contribution in [-0.2, 0) is 11.2 Å². The van der Waals surface area contributed by atoms with Crippen molar-refractivity contribution < 1.29 is 24.5 Å². The van der Waals surface area contributed by atoms with E-state index in [0.29, 0.717) is 23.3 Å². The number of benzene rings is 1. The molecule has 1 aromatic rings. The van der Waals surface area contributed by atoms with Gasteiger partial charge in [0.05, 0.1) is 17.9 Å². The molecular weight excluding hydrogens is 284 g/mol. The number of Topliss-reactive ketones (excluding diaryl/α,β-unsaturated/α-hetero) is 1. The van der Waals surface area contributed by atoms with Crippen molar-refractivity contribution in [3.8, 4) is 11.5 Å². The Labute approximate surface area is 129 Å². The number of fused-ring (bicyclic) bond motifs is 1. The molecule has 0 fully saturated rings. The summed E-state index contributed by atoms with van der Waals surface area (Å²) >= 11 is 0. The number of phenols is 1. The molecule has 0 aliphatic carbocycles. The molecule has 1 aromatic carbocycles. The highest BCUT2D eigenvalue weighted by molar-refractivity contribution is 6.01. The summed E-state index contributed by atoms with van der Waals surface area (Å²) in [4.78, 5) is 23.5. The zero-order valence-corrected chi connectivity index (χ0v) is 13.2. The number of hydrogen-bond donors (Lipinski definition) is 2. The number of carbonyl (C=O) groups excluding carboxylic acids is 1. The fourth-order valence-electron chi connectivity index (χ4n) is 3.01. The molecular formula is C17H22O5. The summed E-state index contributed by atoms with van der Waals surface area (Å²) in [7, 11) is 0. The van der Waals surface area contributed by atoms with Crippen LogP contribution < -0.4 is 4.74 Å². The molecule has 5 nitrogen and oxygen atoms in total. The quantitative estimate of drug-likeness (QED) is 0.873. The van der Waals surface area contributed by atoms with Gasteiger partial charge in [-0.1, -0.05) is 20.3 Å². The van der Waals surface area contributed by atoms with E-state index in [1.54, 1.807) is 19.9 Å². The summed E-state index contributed by atoms with van der Waals surface area (Å²) in [6.45, 7) is 5.34. The molecule has 0 spiro atoms. The molecule has 2 N–H and O–H groups in total. The molecule has 22 heavy (non-hydrogen) atoms. The molecule has 0 bridgehead atoms. The van der Waals surface area contributed by atoms with Gasteiger partial charge in [-0.05, 0) is 25.5 Å². The first-order chi connectivity index (χ1) is 10.3. The van der Waals surface area contributed by atoms with Crippen molar-refractivity contribution in [1.82, 2.24) is 0 Å². The van der Waals surface area contributed by atoms with E-state index in [1.807, 2.05) is 6.92 Å². The van der Waals surface area contributed by atoms with Crippen LogP contribution >= 0.6 is 0 Å². The highest BCUT2D eigenvalue weighted by Gasteiger charge is 2.40. The molecule has 0 saturated heterocycles. The first-order valence-electron chi connectivity index (χ1n) is 7.57. The van der Waals surface area contributed by atoms with E-state index in [2.05, 4.69) is 0 Å². The maximum Gasteiger partial charge on any atom is 0.306 e. The van der Waals surface area contributed by atoms with Gasteiger partial charge in [0.15, 0.2) is 5.78 Å². The number of ether oxygens (including phenoxy) is 1. The average molecular weight is 306 g/mol. The molecule has 1 heterocycles. The number of carboxylic acids is 1. The molecule has 1 aliphatic rings. The maximum absolute atomic E-state index is 12.4. The second kappa shape index (κ2) is 5.99. The van der Waals surface area contributed by atoms with Crippen molar-refractivity contribution in [2.24, 2.45) is 5.92 Å². The lowest BCUT2D eigenvalue weighted by Crippen LogP contribution is -2.42. The second-order valence-electron chi connectivity index (χ2n) is 6.29. The maximum atomic E-state index is 12.4. The summed E-state index contributed by atoms with van der Waals surface area (Å²) < 4.78 is 6.03. The Bertz CT molecular complexity index is 607. The van der Waals surface area contributed by atoms with E-state index in [0.717, 1.165) is 6.42 Å². The highest BCUT2D eigenvalue weighted by Crippen LogP contribution is 2.42. The van der Waals surface area contributed by atoms with Gasteiger partial charge in [0.1, 0.15) is 17.1 Å². The lowest BCUT2D eigenvalue weighted by molar-refractivity contribution is -0.143. The van der Waals surface area contributed by atoms with Gasteiger partial charge in [-0.15, -0.1) is 0 Å². The number of ketones is 1. The molecule has 1 aliphatic heterocycles. The molecule has 0 saturated carbocycles. The van der Waals surface area contributed by atoms with Crippen LogP contribution in [0.25, 0.3) is 0 Å². The standard InChI is InChI=1S/C17H22O5/c1-4-5-11-13(18)7-6-12-14(19)9-17(3,22-15(11)12)8-10(2)16(20)21/h6-7,10,18H,4-5,8-9H2,1-3H3,(H,20,21). The lowest BCUT2D eigenvalue weighted by atomic mass is 9.83. The van der Waals surface area contributed by atoms with Crippen molar-refractivity contribution >= 4 is 11.8 Å². The van der Waals surface area contributed by atoms with Crippen LogP contribution in [0, 0.1) is 5.92 Å². The molecule has 0 radical (unpaired) electrons. The van der Waals surface area contributed by atoms with Crippen LogP contribution in [0.15, 0.2) is 12.1 Å². The van der Waals surface area contributed by atoms with Gasteiger partial charge in [0, 0.05) is 12.0 Å². The van der Waals surface area contributed by atoms with Gasteiger partial charge < -0.3 is 14.9 Å². The van der Waals surface area contributed by atoms with Crippen LogP contribution in [0.5, 0.6) is 11.5 Å². The summed E-state index contributed by atoms with van der Waals surface area (Å²) in [5, 5.41) is 19.1. The van der Waals surface area contributed by atoms with Crippen LogP contribution in [0.4, 0.5) is 0 Å². The third kappa shape index (κ3) is 3.08. The Balaban J connectivity index is 2.40. The second-order valence-corrected chi connectivity index (χ2v) is 6.29. The Hall–Kier alpha value is -2.04. The number of carbonyl (C=O) groups is 2. The predicted molar refractivity (Wildman–Crippen MR) is 81.5 cm³/mol. The summed E-state index contributed by atoms with van der Waals surface area (Å²) in [5.41, 5.74) is 0.238. The van der Waals surface area contributed by atoms with Crippen molar-refractivity contribution in [1.29, 1.82) is 0 Å². The fourth-order valence-corrected chi connectivity index (χ4v) is 3.01. The Kier molecular flexibility index (Phi) is 4.44. The zero-order valence-electron chi connectivity index (χ0n) is 13.2. The Morgan fingerprint density at radius 1 is 1.45 bits per heavy atom. The van der Waals surface area contributed by atoms with E-state index in [1.165, 1.54) is 6.07 Å². The SMILES string of the molecule is CCCc1c(O)ccc2c1OC(C)(CC(C)C(=O)O)CC2=O. The summed E-state index contributed by atoms with van der Waals surface area (Å²) in [6, 6.07) is 3.10. The number of phenolic OH excluding ortho intramolecular Hbond substituents is 1. The van der Waals surface area contributed by atoms with Crippen LogP contribution in [0.3, 0.4) is 0 Å². The van der Waals surface area contributed by atoms with Crippen molar-refractivity contribution in [3.63, 3.8) is 0 Å². The normalized spacial score (nSPS) is 21.9. The van der Waals surface area contributed by atoms with Gasteiger partial charge >= 0.3 is 5.97 Å². The van der Waals surface area contributed by atoms with Gasteiger partial charge in [0.2, 0.25) is 0 Å². The van der Waals surface area contributed by atoms with E-state index in [4.69, 9.17) is 9.84 Å². The van der Waals surface area contributed by atoms with Gasteiger partial charge in [0.25, 0.3) is 0 Å². The monoisotopic (exact) mass is 306 g/mol. The topological polar surface area (TPSA) is 83.8 Å². The molecule has 0 aromatic heterocycles. The molecule has 2 unspecified atom stereocenters. The minimum Gasteiger partial charge on any atom is -0.508 e. The average Bonchev–Trinajstić information content (AvgIpc) is 2.41. The Morgan fingerprint density at radius 3 is 2.73 bits per heavy atom. The van der Waals surface area contributed by atoms with Gasteiger partial charge in [-0.3, -0.25) is 9.59 Å². The highest BCUT2D eigenvalue weighted by atomic mass is 16.5. The van der Waals surface area contributed by atoms with Crippen molar-refractivity contribution in [2.75, 3.05) is 0 Å². The molecule has 2 rings (SSSR count). The number of aliphatic carboxylic acids is 1. The van der Waals surface area contributed by atoms with Crippen LogP contribution in [-0.4, -0.2) is 27.6 Å². The van der Waals surface area contributed by atoms with E-state index in [-0.39, 0.29) is 24.4 Å². The van der Waals surface area contributed by atoms with Gasteiger partial charge in [-0.25, -0.2) is 0 Å². The summed E-state index contributed by atoms with van der Waals surface area (Å²) in [6.07, 6.45) is 1.80. The first-order valence-corrected chi connectivity index (χ1v) is 7.57. The van der Waals surface area contributed by atoms with Crippen LogP contribution in [0.1, 0.15) is 56.0 Å². The van der Waals surface area contributed by atoms with E-state index < -0.39 is 17.5 Å². The predicted octanol–water partition coefficient (Wildman–Crippen LogP) is 3.18. The van der Waals surface area contributed by atoms with Crippen LogP contribution in [0.2, 0.25) is 0 Å². The number of rotatable bonds is 5. The molecule has 120 valence electrons. The van der Waals surface area contributed by atoms with E-state index in [9.17, 15) is 14.7 Å². The minimum atomic E-state index is -0.909. The van der Waals surface area contributed by atoms with Crippen molar-refractivity contribution in [2.45, 2.75) is 52.1 Å². The zero-order chi connectivity index (χ0) is 16.5. The first kappa shape index (κ1) is 16.3. The fraction of sp³-hybridized carbons (Fsp3) is 0.529. The molecule has 0 amide bonds. The van der Waals surface area contributed by atoms with Crippen molar-refractivity contribution in [3.05, 3.63) is 23.3 Å². The Morgan fingerprint density at radius 2 is 2.14 bits per heavy atom. The molecule has 5 heteroatoms. The number of carboxylic acid groups (broad SMARTS) is 1. The largest absolute Gasteiger partial charge is 0.508 e. The lowest BCUT2D eigenvalue weighted by Gasteiger charge is -2.37. The summed E-state index contributed by atoms with van der Waals surface area (Å²) in [5.74, 6) is -1.06. The van der Waals surface area contributed by atoms with Gasteiger partial charge in [-0.2, -0.15) is 0 Å². The van der Waals surface area contributed by atoms with E-state index >= 15 is 0 Å². The third-order valence-electron chi connectivity index (χ3n) is 4.08. The third-order valence-corrected chi connectivity index (χ3v) is 4.08. The number of aromatic hydroxyl groups is 1. The number of hydrogen-bond acceptors (Lipinski definition) is 4.